The molecule has 1 aliphatic rings. The lowest BCUT2D eigenvalue weighted by atomic mass is 9.99. The van der Waals surface area contributed by atoms with E-state index in [1.54, 1.807) is 6.07 Å². The first-order valence-corrected chi connectivity index (χ1v) is 9.45. The van der Waals surface area contributed by atoms with Gasteiger partial charge in [0.25, 0.3) is 5.91 Å². The van der Waals surface area contributed by atoms with Crippen LogP contribution in [0.2, 0.25) is 0 Å². The number of thiophene rings is 1. The zero-order chi connectivity index (χ0) is 19.0. The van der Waals surface area contributed by atoms with Gasteiger partial charge in [0.2, 0.25) is 0 Å². The Morgan fingerprint density at radius 2 is 2.15 bits per heavy atom. The molecule has 1 atom stereocenters. The van der Waals surface area contributed by atoms with E-state index in [-0.39, 0.29) is 13.0 Å². The lowest BCUT2D eigenvalue weighted by Gasteiger charge is -2.23. The monoisotopic (exact) mass is 385 g/mol. The van der Waals surface area contributed by atoms with Crippen molar-refractivity contribution in [1.82, 2.24) is 15.1 Å². The number of carboxylic acid groups (broad SMARTS) is 1. The highest BCUT2D eigenvalue weighted by Gasteiger charge is 2.44. The average molecular weight is 385 g/mol. The number of aromatic nitrogens is 2. The summed E-state index contributed by atoms with van der Waals surface area (Å²) in [7, 11) is 0. The predicted octanol–water partition coefficient (Wildman–Crippen LogP) is 2.43. The first-order chi connectivity index (χ1) is 13.0. The minimum Gasteiger partial charge on any atom is -0.479 e. The number of aliphatic carboxylic acids is 1. The first kappa shape index (κ1) is 17.7. The fourth-order valence-corrected chi connectivity index (χ4v) is 4.31. The molecular formula is C19H19N3O4S. The Kier molecular flexibility index (Phi) is 4.45. The molecule has 1 aliphatic heterocycles. The zero-order valence-corrected chi connectivity index (χ0v) is 15.6. The Hall–Kier alpha value is -2.71. The molecule has 3 aromatic rings. The molecule has 27 heavy (non-hydrogen) atoms. The number of nitrogens with one attached hydrogen (secondary N) is 1. The minimum atomic E-state index is -1.35. The number of fused-ring (bicyclic) bond motifs is 1. The molecule has 0 spiro atoms. The summed E-state index contributed by atoms with van der Waals surface area (Å²) in [5.74, 6) is -1.46. The summed E-state index contributed by atoms with van der Waals surface area (Å²) in [5.41, 5.74) is 0.612. The van der Waals surface area contributed by atoms with Crippen molar-refractivity contribution < 1.29 is 19.4 Å². The third-order valence-electron chi connectivity index (χ3n) is 4.79. The van der Waals surface area contributed by atoms with Crippen LogP contribution in [-0.4, -0.2) is 45.5 Å². The number of carbonyl (C=O) groups is 2. The van der Waals surface area contributed by atoms with Gasteiger partial charge < -0.3 is 15.2 Å². The van der Waals surface area contributed by atoms with Gasteiger partial charge in [0.05, 0.1) is 23.7 Å². The molecular weight excluding hydrogens is 366 g/mol. The SMILES string of the molecule is Cc1nn(Cc2ccccc2)c2sc(C(=O)NC3(C(=O)O)CCOC3)cc12. The fourth-order valence-electron chi connectivity index (χ4n) is 3.25. The maximum atomic E-state index is 12.7. The highest BCUT2D eigenvalue weighted by atomic mass is 32.1. The summed E-state index contributed by atoms with van der Waals surface area (Å²) < 4.78 is 7.08. The molecule has 0 aliphatic carbocycles. The van der Waals surface area contributed by atoms with Gasteiger partial charge in [-0.3, -0.25) is 9.48 Å². The van der Waals surface area contributed by atoms with Crippen LogP contribution >= 0.6 is 11.3 Å². The van der Waals surface area contributed by atoms with E-state index < -0.39 is 17.4 Å². The van der Waals surface area contributed by atoms with E-state index in [1.165, 1.54) is 11.3 Å². The molecule has 140 valence electrons. The second-order valence-electron chi connectivity index (χ2n) is 6.70. The van der Waals surface area contributed by atoms with Crippen molar-refractivity contribution in [2.45, 2.75) is 25.4 Å². The number of amides is 1. The molecule has 3 heterocycles. The standard InChI is InChI=1S/C19H19N3O4S/c1-12-14-9-15(16(23)20-19(18(24)25)7-8-26-11-19)27-17(14)22(21-12)10-13-5-3-2-4-6-13/h2-6,9H,7-8,10-11H2,1H3,(H,20,23)(H,24,25). The van der Waals surface area contributed by atoms with Gasteiger partial charge in [-0.05, 0) is 18.6 Å². The summed E-state index contributed by atoms with van der Waals surface area (Å²) in [6.45, 7) is 2.82. The second-order valence-corrected chi connectivity index (χ2v) is 7.73. The highest BCUT2D eigenvalue weighted by Crippen LogP contribution is 2.30. The van der Waals surface area contributed by atoms with Crippen molar-refractivity contribution in [3.05, 3.63) is 52.5 Å². The van der Waals surface area contributed by atoms with Crippen LogP contribution in [0, 0.1) is 6.92 Å². The molecule has 1 fully saturated rings. The van der Waals surface area contributed by atoms with E-state index in [9.17, 15) is 14.7 Å². The van der Waals surface area contributed by atoms with Crippen LogP contribution in [0.5, 0.6) is 0 Å². The van der Waals surface area contributed by atoms with Crippen LogP contribution < -0.4 is 5.32 Å². The van der Waals surface area contributed by atoms with Crippen molar-refractivity contribution in [3.63, 3.8) is 0 Å². The number of hydrogen-bond donors (Lipinski definition) is 2. The van der Waals surface area contributed by atoms with E-state index >= 15 is 0 Å². The summed E-state index contributed by atoms with van der Waals surface area (Å²) in [6, 6.07) is 11.8. The number of rotatable bonds is 5. The Balaban J connectivity index is 1.62. The van der Waals surface area contributed by atoms with Gasteiger partial charge in [0, 0.05) is 18.4 Å². The van der Waals surface area contributed by atoms with Crippen molar-refractivity contribution in [3.8, 4) is 0 Å². The largest absolute Gasteiger partial charge is 0.479 e. The molecule has 2 N–H and O–H groups in total. The van der Waals surface area contributed by atoms with Gasteiger partial charge in [0.1, 0.15) is 4.83 Å². The van der Waals surface area contributed by atoms with Crippen LogP contribution in [0.25, 0.3) is 10.2 Å². The second kappa shape index (κ2) is 6.79. The number of carbonyl (C=O) groups excluding carboxylic acids is 1. The molecule has 0 bridgehead atoms. The van der Waals surface area contributed by atoms with Crippen molar-refractivity contribution in [2.24, 2.45) is 0 Å². The van der Waals surface area contributed by atoms with Gasteiger partial charge in [-0.1, -0.05) is 30.3 Å². The van der Waals surface area contributed by atoms with Crippen LogP contribution in [0.1, 0.15) is 27.3 Å². The first-order valence-electron chi connectivity index (χ1n) is 8.63. The lowest BCUT2D eigenvalue weighted by molar-refractivity contribution is -0.144. The van der Waals surface area contributed by atoms with Crippen LogP contribution in [0.3, 0.4) is 0 Å². The maximum absolute atomic E-state index is 12.7. The molecule has 1 aromatic carbocycles. The molecule has 1 amide bonds. The van der Waals surface area contributed by atoms with Crippen LogP contribution in [-0.2, 0) is 16.1 Å². The fraction of sp³-hybridized carbons (Fsp3) is 0.316. The maximum Gasteiger partial charge on any atom is 0.331 e. The summed E-state index contributed by atoms with van der Waals surface area (Å²) in [4.78, 5) is 25.7. The molecule has 2 aromatic heterocycles. The smallest absolute Gasteiger partial charge is 0.331 e. The quantitative estimate of drug-likeness (QED) is 0.704. The Morgan fingerprint density at radius 3 is 2.81 bits per heavy atom. The van der Waals surface area contributed by atoms with Gasteiger partial charge in [-0.25, -0.2) is 4.79 Å². The Morgan fingerprint density at radius 1 is 1.37 bits per heavy atom. The normalized spacial score (nSPS) is 19.4. The van der Waals surface area contributed by atoms with E-state index in [4.69, 9.17) is 4.74 Å². The average Bonchev–Trinajstić information content (AvgIpc) is 3.35. The third-order valence-corrected chi connectivity index (χ3v) is 5.94. The molecule has 0 radical (unpaired) electrons. The van der Waals surface area contributed by atoms with E-state index in [1.807, 2.05) is 41.9 Å². The lowest BCUT2D eigenvalue weighted by Crippen LogP contribution is -2.55. The number of ether oxygens (including phenoxy) is 1. The van der Waals surface area contributed by atoms with Gasteiger partial charge in [-0.2, -0.15) is 5.10 Å². The number of aryl methyl sites for hydroxylation is 1. The van der Waals surface area contributed by atoms with Gasteiger partial charge >= 0.3 is 5.97 Å². The van der Waals surface area contributed by atoms with Crippen molar-refractivity contribution in [2.75, 3.05) is 13.2 Å². The molecule has 1 unspecified atom stereocenters. The molecule has 7 nitrogen and oxygen atoms in total. The van der Waals surface area contributed by atoms with E-state index in [0.29, 0.717) is 18.0 Å². The minimum absolute atomic E-state index is 0.0141. The van der Waals surface area contributed by atoms with Gasteiger partial charge in [0.15, 0.2) is 5.54 Å². The topological polar surface area (TPSA) is 93.5 Å². The van der Waals surface area contributed by atoms with Crippen molar-refractivity contribution in [1.29, 1.82) is 0 Å². The third kappa shape index (κ3) is 3.22. The van der Waals surface area contributed by atoms with Crippen LogP contribution in [0.4, 0.5) is 0 Å². The summed E-state index contributed by atoms with van der Waals surface area (Å²) >= 11 is 1.32. The highest BCUT2D eigenvalue weighted by molar-refractivity contribution is 7.20. The zero-order valence-electron chi connectivity index (χ0n) is 14.8. The molecule has 8 heteroatoms. The van der Waals surface area contributed by atoms with E-state index in [0.717, 1.165) is 21.5 Å². The molecule has 4 rings (SSSR count). The number of benzene rings is 1. The molecule has 0 saturated carbocycles. The number of hydrogen-bond acceptors (Lipinski definition) is 5. The number of nitrogens with zero attached hydrogens (tertiary/aromatic N) is 2. The van der Waals surface area contributed by atoms with Crippen LogP contribution in [0.15, 0.2) is 36.4 Å². The number of carboxylic acids is 1. The Labute approximate surface area is 159 Å². The van der Waals surface area contributed by atoms with Crippen molar-refractivity contribution >= 4 is 33.4 Å². The predicted molar refractivity (Wildman–Crippen MR) is 101 cm³/mol. The molecule has 1 saturated heterocycles. The summed E-state index contributed by atoms with van der Waals surface area (Å²) in [6.07, 6.45) is 0.264. The summed E-state index contributed by atoms with van der Waals surface area (Å²) in [5, 5.41) is 17.7. The van der Waals surface area contributed by atoms with E-state index in [2.05, 4.69) is 10.4 Å². The van der Waals surface area contributed by atoms with Gasteiger partial charge in [-0.15, -0.1) is 11.3 Å². The Bertz CT molecular complexity index is 1000.